The van der Waals surface area contributed by atoms with Gasteiger partial charge in [0.05, 0.1) is 6.04 Å². The first-order chi connectivity index (χ1) is 11.5. The molecule has 3 rings (SSSR count). The van der Waals surface area contributed by atoms with Crippen LogP contribution in [-0.2, 0) is 0 Å². The highest BCUT2D eigenvalue weighted by Crippen LogP contribution is 2.47. The number of para-hydroxylation sites is 1. The van der Waals surface area contributed by atoms with Gasteiger partial charge in [-0.2, -0.15) is 8.78 Å². The van der Waals surface area contributed by atoms with Crippen LogP contribution >= 0.6 is 24.0 Å². The van der Waals surface area contributed by atoms with Crippen molar-refractivity contribution in [2.45, 2.75) is 31.9 Å². The van der Waals surface area contributed by atoms with E-state index in [1.165, 1.54) is 0 Å². The fraction of sp³-hybridized carbons (Fsp3) is 0.278. The molecule has 134 valence electrons. The zero-order valence-electron chi connectivity index (χ0n) is 13.7. The maximum Gasteiger partial charge on any atom is 0.387 e. The van der Waals surface area contributed by atoms with E-state index in [0.717, 1.165) is 23.2 Å². The van der Waals surface area contributed by atoms with Crippen LogP contribution in [0.3, 0.4) is 0 Å². The van der Waals surface area contributed by atoms with Gasteiger partial charge in [-0.05, 0) is 42.7 Å². The number of aliphatic imine (C=N–C) groups is 1. The molecule has 2 aromatic rings. The highest BCUT2D eigenvalue weighted by atomic mass is 127. The monoisotopic (exact) mass is 459 g/mol. The maximum atomic E-state index is 12.5. The summed E-state index contributed by atoms with van der Waals surface area (Å²) >= 11 is 0. The fourth-order valence-electron chi connectivity index (χ4n) is 2.73. The minimum absolute atomic E-state index is 0. The normalized spacial score (nSPS) is 19.3. The molecule has 2 aromatic carbocycles. The van der Waals surface area contributed by atoms with E-state index in [-0.39, 0.29) is 41.7 Å². The second-order valence-corrected chi connectivity index (χ2v) is 5.83. The highest BCUT2D eigenvalue weighted by molar-refractivity contribution is 14.0. The third-order valence-corrected chi connectivity index (χ3v) is 3.89. The molecule has 25 heavy (non-hydrogen) atoms. The molecule has 0 radical (unpaired) electrons. The van der Waals surface area contributed by atoms with Crippen LogP contribution in [0.4, 0.5) is 14.5 Å². The van der Waals surface area contributed by atoms with E-state index in [2.05, 4.69) is 15.0 Å². The Hall–Kier alpha value is -1.90. The van der Waals surface area contributed by atoms with E-state index in [1.807, 2.05) is 31.2 Å². The molecule has 4 nitrogen and oxygen atoms in total. The summed E-state index contributed by atoms with van der Waals surface area (Å²) < 4.78 is 29.6. The summed E-state index contributed by atoms with van der Waals surface area (Å²) in [7, 11) is 0. The Morgan fingerprint density at radius 3 is 2.72 bits per heavy atom. The number of guanidine groups is 1. The van der Waals surface area contributed by atoms with E-state index in [4.69, 9.17) is 5.73 Å². The zero-order valence-corrected chi connectivity index (χ0v) is 16.0. The van der Waals surface area contributed by atoms with Gasteiger partial charge >= 0.3 is 6.61 Å². The molecule has 0 amide bonds. The summed E-state index contributed by atoms with van der Waals surface area (Å²) in [6, 6.07) is 14.6. The lowest BCUT2D eigenvalue weighted by Crippen LogP contribution is -2.23. The third-order valence-electron chi connectivity index (χ3n) is 3.89. The summed E-state index contributed by atoms with van der Waals surface area (Å²) in [5.41, 5.74) is 8.68. The lowest BCUT2D eigenvalue weighted by molar-refractivity contribution is -0.0504. The Balaban J connectivity index is 0.00000225. The van der Waals surface area contributed by atoms with Gasteiger partial charge in [0.15, 0.2) is 5.96 Å². The first-order valence-electron chi connectivity index (χ1n) is 7.73. The number of anilines is 1. The van der Waals surface area contributed by atoms with Crippen LogP contribution < -0.4 is 15.8 Å². The third kappa shape index (κ3) is 5.29. The standard InChI is InChI=1S/C18H19F2N3O.HI/c1-11-5-4-6-12(9-11)22-18(21)23-15-10-14(15)13-7-2-3-8-16(13)24-17(19)20;/h2-9,14-15,17H,10H2,1H3,(H3,21,22,23);1H/t14-,15+;/m1./s1. The molecular weight excluding hydrogens is 439 g/mol. The Morgan fingerprint density at radius 2 is 2.00 bits per heavy atom. The number of aryl methyl sites for hydroxylation is 1. The molecule has 0 aromatic heterocycles. The average molecular weight is 459 g/mol. The smallest absolute Gasteiger partial charge is 0.387 e. The number of ether oxygens (including phenoxy) is 1. The van der Waals surface area contributed by atoms with Crippen molar-refractivity contribution in [2.24, 2.45) is 10.7 Å². The molecule has 0 spiro atoms. The molecule has 0 bridgehead atoms. The Labute approximate surface area is 162 Å². The summed E-state index contributed by atoms with van der Waals surface area (Å²) in [6.45, 7) is -0.838. The molecule has 1 fully saturated rings. The number of alkyl halides is 2. The summed E-state index contributed by atoms with van der Waals surface area (Å²) in [4.78, 5) is 4.43. The Morgan fingerprint density at radius 1 is 1.24 bits per heavy atom. The van der Waals surface area contributed by atoms with Gasteiger partial charge in [-0.25, -0.2) is 4.99 Å². The number of hydrogen-bond donors (Lipinski definition) is 2. The molecule has 0 unspecified atom stereocenters. The Kier molecular flexibility index (Phi) is 6.57. The molecule has 0 aliphatic heterocycles. The average Bonchev–Trinajstić information content (AvgIpc) is 3.26. The van der Waals surface area contributed by atoms with Crippen LogP contribution in [0, 0.1) is 6.92 Å². The quantitative estimate of drug-likeness (QED) is 0.394. The van der Waals surface area contributed by atoms with E-state index >= 15 is 0 Å². The van der Waals surface area contributed by atoms with Gasteiger partial charge in [0.2, 0.25) is 0 Å². The van der Waals surface area contributed by atoms with Crippen molar-refractivity contribution in [1.29, 1.82) is 0 Å². The lowest BCUT2D eigenvalue weighted by Gasteiger charge is -2.10. The van der Waals surface area contributed by atoms with E-state index in [1.54, 1.807) is 24.3 Å². The molecule has 3 N–H and O–H groups in total. The second-order valence-electron chi connectivity index (χ2n) is 5.83. The van der Waals surface area contributed by atoms with Crippen LogP contribution in [-0.4, -0.2) is 18.6 Å². The summed E-state index contributed by atoms with van der Waals surface area (Å²) in [5.74, 6) is 0.582. The predicted molar refractivity (Wildman–Crippen MR) is 106 cm³/mol. The summed E-state index contributed by atoms with van der Waals surface area (Å²) in [5, 5.41) is 3.05. The summed E-state index contributed by atoms with van der Waals surface area (Å²) in [6.07, 6.45) is 0.764. The molecule has 1 aliphatic carbocycles. The van der Waals surface area contributed by atoms with E-state index < -0.39 is 6.61 Å². The van der Waals surface area contributed by atoms with Crippen LogP contribution in [0.2, 0.25) is 0 Å². The highest BCUT2D eigenvalue weighted by Gasteiger charge is 2.40. The van der Waals surface area contributed by atoms with Gasteiger partial charge < -0.3 is 15.8 Å². The number of benzene rings is 2. The number of nitrogens with one attached hydrogen (secondary N) is 1. The predicted octanol–water partition coefficient (Wildman–Crippen LogP) is 4.50. The second kappa shape index (κ2) is 8.46. The molecular formula is C18H20F2IN3O. The van der Waals surface area contributed by atoms with Gasteiger partial charge in [0.25, 0.3) is 0 Å². The first-order valence-corrected chi connectivity index (χ1v) is 7.73. The van der Waals surface area contributed by atoms with Crippen molar-refractivity contribution >= 4 is 35.6 Å². The minimum atomic E-state index is -2.83. The van der Waals surface area contributed by atoms with Crippen molar-refractivity contribution < 1.29 is 13.5 Å². The number of hydrogen-bond acceptors (Lipinski definition) is 2. The SMILES string of the molecule is Cc1cccc(NC(N)=N[C@H]2C[C@@H]2c2ccccc2OC(F)F)c1.I. The van der Waals surface area contributed by atoms with Gasteiger partial charge in [0.1, 0.15) is 5.75 Å². The number of nitrogens with two attached hydrogens (primary N) is 1. The molecule has 2 atom stereocenters. The van der Waals surface area contributed by atoms with Crippen LogP contribution in [0.15, 0.2) is 53.5 Å². The largest absolute Gasteiger partial charge is 0.435 e. The van der Waals surface area contributed by atoms with Crippen molar-refractivity contribution in [3.63, 3.8) is 0 Å². The molecule has 1 saturated carbocycles. The van der Waals surface area contributed by atoms with Crippen molar-refractivity contribution in [2.75, 3.05) is 5.32 Å². The van der Waals surface area contributed by atoms with Crippen LogP contribution in [0.25, 0.3) is 0 Å². The topological polar surface area (TPSA) is 59.6 Å². The molecule has 1 aliphatic rings. The van der Waals surface area contributed by atoms with Gasteiger partial charge in [-0.3, -0.25) is 0 Å². The molecule has 0 saturated heterocycles. The number of nitrogens with zero attached hydrogens (tertiary/aromatic N) is 1. The zero-order chi connectivity index (χ0) is 17.1. The van der Waals surface area contributed by atoms with Gasteiger partial charge in [-0.1, -0.05) is 30.3 Å². The molecule has 0 heterocycles. The van der Waals surface area contributed by atoms with Crippen LogP contribution in [0.1, 0.15) is 23.5 Å². The Bertz CT molecular complexity index is 755. The van der Waals surface area contributed by atoms with Crippen molar-refractivity contribution in [3.05, 3.63) is 59.7 Å². The first kappa shape index (κ1) is 19.4. The minimum Gasteiger partial charge on any atom is -0.435 e. The van der Waals surface area contributed by atoms with Crippen molar-refractivity contribution in [1.82, 2.24) is 0 Å². The van der Waals surface area contributed by atoms with Gasteiger partial charge in [-0.15, -0.1) is 24.0 Å². The number of halogens is 3. The maximum absolute atomic E-state index is 12.5. The van der Waals surface area contributed by atoms with E-state index in [0.29, 0.717) is 5.96 Å². The van der Waals surface area contributed by atoms with Gasteiger partial charge in [0, 0.05) is 11.6 Å². The lowest BCUT2D eigenvalue weighted by atomic mass is 10.1. The van der Waals surface area contributed by atoms with Crippen LogP contribution in [0.5, 0.6) is 5.75 Å². The fourth-order valence-corrected chi connectivity index (χ4v) is 2.73. The van der Waals surface area contributed by atoms with E-state index in [9.17, 15) is 8.78 Å². The number of rotatable bonds is 5. The molecule has 7 heteroatoms. The van der Waals surface area contributed by atoms with Crippen molar-refractivity contribution in [3.8, 4) is 5.75 Å².